The number of anilines is 1. The largest absolute Gasteiger partial charge is 0.455 e. The van der Waals surface area contributed by atoms with Crippen molar-refractivity contribution in [3.63, 3.8) is 0 Å². The van der Waals surface area contributed by atoms with Gasteiger partial charge in [-0.3, -0.25) is 9.97 Å². The molecule has 0 atom stereocenters. The number of pyridine rings is 2. The summed E-state index contributed by atoms with van der Waals surface area (Å²) >= 11 is 5.88. The summed E-state index contributed by atoms with van der Waals surface area (Å²) in [6.45, 7) is 0. The third-order valence-corrected chi connectivity index (χ3v) is 2.93. The molecule has 0 aliphatic carbocycles. The van der Waals surface area contributed by atoms with Gasteiger partial charge in [0.1, 0.15) is 11.5 Å². The highest BCUT2D eigenvalue weighted by atomic mass is 35.5. The van der Waals surface area contributed by atoms with Crippen LogP contribution in [0.3, 0.4) is 0 Å². The van der Waals surface area contributed by atoms with E-state index < -0.39 is 0 Å². The van der Waals surface area contributed by atoms with Gasteiger partial charge in [-0.2, -0.15) is 0 Å². The van der Waals surface area contributed by atoms with Crippen molar-refractivity contribution in [1.82, 2.24) is 9.97 Å². The Morgan fingerprint density at radius 3 is 2.74 bits per heavy atom. The summed E-state index contributed by atoms with van der Waals surface area (Å²) in [6.07, 6.45) is 6.58. The summed E-state index contributed by atoms with van der Waals surface area (Å²) in [5, 5.41) is 2.28. The lowest BCUT2D eigenvalue weighted by atomic mass is 10.1. The van der Waals surface area contributed by atoms with Crippen molar-refractivity contribution >= 4 is 28.1 Å². The van der Waals surface area contributed by atoms with E-state index >= 15 is 0 Å². The Bertz CT molecular complexity index is 746. The van der Waals surface area contributed by atoms with E-state index in [1.54, 1.807) is 36.9 Å². The summed E-state index contributed by atoms with van der Waals surface area (Å²) in [5.74, 6) is 1.27. The second-order valence-electron chi connectivity index (χ2n) is 4.02. The van der Waals surface area contributed by atoms with Crippen LogP contribution < -0.4 is 10.5 Å². The Morgan fingerprint density at radius 2 is 1.89 bits per heavy atom. The van der Waals surface area contributed by atoms with E-state index in [1.807, 2.05) is 12.1 Å². The van der Waals surface area contributed by atoms with Gasteiger partial charge in [0.15, 0.2) is 0 Å². The lowest BCUT2D eigenvalue weighted by Crippen LogP contribution is -1.91. The molecule has 0 unspecified atom stereocenters. The minimum atomic E-state index is 0.527. The molecule has 2 heterocycles. The maximum absolute atomic E-state index is 5.91. The van der Waals surface area contributed by atoms with Gasteiger partial charge < -0.3 is 10.5 Å². The number of hydrogen-bond donors (Lipinski definition) is 1. The number of nitrogen functional groups attached to an aromatic ring is 1. The molecule has 0 radical (unpaired) electrons. The molecule has 3 rings (SSSR count). The van der Waals surface area contributed by atoms with Crippen LogP contribution in [0.1, 0.15) is 0 Å². The molecule has 0 fully saturated rings. The Kier molecular flexibility index (Phi) is 2.93. The van der Waals surface area contributed by atoms with Crippen LogP contribution >= 0.6 is 11.6 Å². The van der Waals surface area contributed by atoms with Crippen LogP contribution in [-0.2, 0) is 0 Å². The molecule has 2 N–H and O–H groups in total. The van der Waals surface area contributed by atoms with E-state index in [4.69, 9.17) is 22.1 Å². The van der Waals surface area contributed by atoms with Gasteiger partial charge in [0.25, 0.3) is 0 Å². The Hall–Kier alpha value is -2.33. The molecule has 0 saturated carbocycles. The molecule has 0 saturated heterocycles. The van der Waals surface area contributed by atoms with Crippen LogP contribution in [0.5, 0.6) is 11.5 Å². The lowest BCUT2D eigenvalue weighted by Gasteiger charge is -2.10. The Morgan fingerprint density at radius 1 is 1.00 bits per heavy atom. The standard InChI is InChI=1S/C14H10ClN3O/c15-9-5-10(7-18-6-9)19-14-2-1-13(16)12-8-17-4-3-11(12)14/h1-8H,16H2. The van der Waals surface area contributed by atoms with Crippen LogP contribution in [0.2, 0.25) is 5.02 Å². The molecule has 3 aromatic rings. The minimum absolute atomic E-state index is 0.527. The normalized spacial score (nSPS) is 10.6. The van der Waals surface area contributed by atoms with E-state index in [9.17, 15) is 0 Å². The monoisotopic (exact) mass is 271 g/mol. The fraction of sp³-hybridized carbons (Fsp3) is 0. The first kappa shape index (κ1) is 11.7. The number of hydrogen-bond acceptors (Lipinski definition) is 4. The molecular weight excluding hydrogens is 262 g/mol. The average Bonchev–Trinajstić information content (AvgIpc) is 2.42. The second kappa shape index (κ2) is 4.74. The molecule has 0 aliphatic heterocycles. The summed E-state index contributed by atoms with van der Waals surface area (Å²) in [4.78, 5) is 8.05. The van der Waals surface area contributed by atoms with Crippen LogP contribution in [-0.4, -0.2) is 9.97 Å². The number of ether oxygens (including phenoxy) is 1. The summed E-state index contributed by atoms with van der Waals surface area (Å²) in [5.41, 5.74) is 6.58. The molecule has 0 bridgehead atoms. The summed E-state index contributed by atoms with van der Waals surface area (Å²) < 4.78 is 5.80. The third-order valence-electron chi connectivity index (χ3n) is 2.72. The number of aromatic nitrogens is 2. The van der Waals surface area contributed by atoms with E-state index in [0.717, 1.165) is 10.8 Å². The van der Waals surface area contributed by atoms with Gasteiger partial charge in [-0.15, -0.1) is 0 Å². The highest BCUT2D eigenvalue weighted by molar-refractivity contribution is 6.30. The number of nitrogens with two attached hydrogens (primary N) is 1. The summed E-state index contributed by atoms with van der Waals surface area (Å²) in [7, 11) is 0. The van der Waals surface area contributed by atoms with Crippen LogP contribution in [0.4, 0.5) is 5.69 Å². The van der Waals surface area contributed by atoms with E-state index in [0.29, 0.717) is 22.2 Å². The van der Waals surface area contributed by atoms with Gasteiger partial charge >= 0.3 is 0 Å². The van der Waals surface area contributed by atoms with Gasteiger partial charge in [0.05, 0.1) is 11.2 Å². The van der Waals surface area contributed by atoms with Crippen molar-refractivity contribution in [2.75, 3.05) is 5.73 Å². The predicted octanol–water partition coefficient (Wildman–Crippen LogP) is 3.66. The van der Waals surface area contributed by atoms with Crippen molar-refractivity contribution < 1.29 is 4.74 Å². The van der Waals surface area contributed by atoms with Crippen molar-refractivity contribution in [1.29, 1.82) is 0 Å². The van der Waals surface area contributed by atoms with Gasteiger partial charge in [0.2, 0.25) is 0 Å². The maximum Gasteiger partial charge on any atom is 0.147 e. The highest BCUT2D eigenvalue weighted by Gasteiger charge is 2.06. The number of halogens is 1. The molecule has 0 aliphatic rings. The van der Waals surface area contributed by atoms with Gasteiger partial charge in [-0.1, -0.05) is 11.6 Å². The zero-order chi connectivity index (χ0) is 13.2. The molecule has 4 nitrogen and oxygen atoms in total. The van der Waals surface area contributed by atoms with E-state index in [1.165, 1.54) is 0 Å². The zero-order valence-electron chi connectivity index (χ0n) is 9.88. The number of nitrogens with zero attached hydrogens (tertiary/aromatic N) is 2. The van der Waals surface area contributed by atoms with E-state index in [2.05, 4.69) is 9.97 Å². The molecule has 0 amide bonds. The van der Waals surface area contributed by atoms with Crippen LogP contribution in [0, 0.1) is 0 Å². The van der Waals surface area contributed by atoms with Crippen molar-refractivity contribution in [2.24, 2.45) is 0 Å². The predicted molar refractivity (Wildman–Crippen MR) is 75.5 cm³/mol. The molecule has 19 heavy (non-hydrogen) atoms. The number of benzene rings is 1. The average molecular weight is 272 g/mol. The van der Waals surface area contributed by atoms with Gasteiger partial charge in [-0.25, -0.2) is 0 Å². The quantitative estimate of drug-likeness (QED) is 0.723. The zero-order valence-corrected chi connectivity index (χ0v) is 10.6. The molecule has 1 aromatic carbocycles. The fourth-order valence-electron chi connectivity index (χ4n) is 1.85. The third kappa shape index (κ3) is 2.30. The first-order valence-corrected chi connectivity index (χ1v) is 6.02. The van der Waals surface area contributed by atoms with E-state index in [-0.39, 0.29) is 0 Å². The molecule has 94 valence electrons. The molecule has 5 heteroatoms. The lowest BCUT2D eigenvalue weighted by molar-refractivity contribution is 0.486. The molecular formula is C14H10ClN3O. The molecule has 0 spiro atoms. The first-order valence-electron chi connectivity index (χ1n) is 5.64. The summed E-state index contributed by atoms with van der Waals surface area (Å²) in [6, 6.07) is 7.17. The SMILES string of the molecule is Nc1ccc(Oc2cncc(Cl)c2)c2ccncc12. The number of rotatable bonds is 2. The maximum atomic E-state index is 5.91. The van der Waals surface area contributed by atoms with Crippen molar-refractivity contribution in [2.45, 2.75) is 0 Å². The second-order valence-corrected chi connectivity index (χ2v) is 4.45. The first-order chi connectivity index (χ1) is 9.24. The highest BCUT2D eigenvalue weighted by Crippen LogP contribution is 2.32. The van der Waals surface area contributed by atoms with Gasteiger partial charge in [-0.05, 0) is 18.2 Å². The minimum Gasteiger partial charge on any atom is -0.455 e. The smallest absolute Gasteiger partial charge is 0.147 e. The van der Waals surface area contributed by atoms with Crippen LogP contribution in [0.15, 0.2) is 49.1 Å². The van der Waals surface area contributed by atoms with Crippen LogP contribution in [0.25, 0.3) is 10.8 Å². The Labute approximate surface area is 114 Å². The Balaban J connectivity index is 2.09. The van der Waals surface area contributed by atoms with Crippen molar-refractivity contribution in [3.05, 3.63) is 54.1 Å². The fourth-order valence-corrected chi connectivity index (χ4v) is 2.01. The van der Waals surface area contributed by atoms with Crippen molar-refractivity contribution in [3.8, 4) is 11.5 Å². The van der Waals surface area contributed by atoms with Gasteiger partial charge in [0, 0.05) is 41.1 Å². The molecule has 2 aromatic heterocycles. The number of fused-ring (bicyclic) bond motifs is 1. The topological polar surface area (TPSA) is 61.0 Å².